The Balaban J connectivity index is 1.26. The van der Waals surface area contributed by atoms with Crippen LogP contribution in [0.2, 0.25) is 0 Å². The minimum absolute atomic E-state index is 0.161. The fourth-order valence-electron chi connectivity index (χ4n) is 7.21. The molecule has 0 amide bonds. The number of allylic oxidation sites excluding steroid dienone is 4. The molecule has 4 heteroatoms. The zero-order chi connectivity index (χ0) is 30.3. The first-order valence-corrected chi connectivity index (χ1v) is 16.3. The number of aryl methyl sites for hydroxylation is 1. The molecule has 3 aromatic carbocycles. The van der Waals surface area contributed by atoms with Crippen molar-refractivity contribution in [3.63, 3.8) is 0 Å². The molecule has 0 N–H and O–H groups in total. The molecule has 2 aliphatic rings. The smallest absolute Gasteiger partial charge is 0.167 e. The van der Waals surface area contributed by atoms with Gasteiger partial charge in [-0.05, 0) is 105 Å². The second-order valence-electron chi connectivity index (χ2n) is 12.5. The number of benzene rings is 3. The monoisotopic (exact) mass is 588 g/mol. The number of unbranched alkanes of at least 4 members (excludes halogenated alkanes) is 3. The van der Waals surface area contributed by atoms with Crippen LogP contribution in [0, 0.1) is 41.0 Å². The van der Waals surface area contributed by atoms with Crippen molar-refractivity contribution < 1.29 is 17.6 Å². The highest BCUT2D eigenvalue weighted by Crippen LogP contribution is 2.42. The minimum atomic E-state index is -0.875. The minimum Gasteiger partial charge on any atom is -0.203 e. The lowest BCUT2D eigenvalue weighted by atomic mass is 9.71. The second-order valence-corrected chi connectivity index (χ2v) is 12.5. The first-order chi connectivity index (χ1) is 20.9. The highest BCUT2D eigenvalue weighted by molar-refractivity contribution is 5.74. The quantitative estimate of drug-likeness (QED) is 0.126. The van der Waals surface area contributed by atoms with E-state index in [0.29, 0.717) is 40.5 Å². The third kappa shape index (κ3) is 7.16. The van der Waals surface area contributed by atoms with Gasteiger partial charge in [0.2, 0.25) is 0 Å². The molecule has 0 radical (unpaired) electrons. The molecule has 0 bridgehead atoms. The zero-order valence-electron chi connectivity index (χ0n) is 25.6. The lowest BCUT2D eigenvalue weighted by molar-refractivity contribution is 0.212. The highest BCUT2D eigenvalue weighted by Gasteiger charge is 2.29. The van der Waals surface area contributed by atoms with E-state index < -0.39 is 23.3 Å². The Morgan fingerprint density at radius 2 is 1.26 bits per heavy atom. The Morgan fingerprint density at radius 3 is 1.86 bits per heavy atom. The molecule has 1 unspecified atom stereocenters. The van der Waals surface area contributed by atoms with Gasteiger partial charge in [0, 0.05) is 16.7 Å². The molecule has 1 atom stereocenters. The maximum atomic E-state index is 15.4. The van der Waals surface area contributed by atoms with Crippen molar-refractivity contribution in [2.24, 2.45) is 17.8 Å². The van der Waals surface area contributed by atoms with E-state index in [1.165, 1.54) is 25.7 Å². The van der Waals surface area contributed by atoms with Gasteiger partial charge in [0.1, 0.15) is 0 Å². The molecule has 0 nitrogen and oxygen atoms in total. The molecule has 0 aromatic heterocycles. The molecule has 0 spiro atoms. The molecule has 1 fully saturated rings. The summed E-state index contributed by atoms with van der Waals surface area (Å²) < 4.78 is 60.5. The lowest BCUT2D eigenvalue weighted by Crippen LogP contribution is -2.22. The molecule has 43 heavy (non-hydrogen) atoms. The van der Waals surface area contributed by atoms with Crippen molar-refractivity contribution >= 4 is 5.57 Å². The van der Waals surface area contributed by atoms with Crippen LogP contribution in [-0.4, -0.2) is 0 Å². The SMILES string of the molecule is C/C=C/C1CCC(C2CC=C(c3ccc(-c4ccc(-c5ccc(CCCCCC)c(F)c5F)cc4)c(F)c3F)CC2)CC1. The summed E-state index contributed by atoms with van der Waals surface area (Å²) >= 11 is 0. The van der Waals surface area contributed by atoms with E-state index in [9.17, 15) is 8.78 Å². The van der Waals surface area contributed by atoms with Crippen LogP contribution in [0.15, 0.2) is 66.8 Å². The van der Waals surface area contributed by atoms with E-state index in [1.807, 2.05) is 0 Å². The molecule has 5 rings (SSSR count). The standard InChI is InChI=1S/C39H44F4/c1-3-5-6-7-9-32-22-23-33(37(41)36(32)40)30-18-20-31(21-19-30)35-25-24-34(38(42)39(35)43)29-16-14-28(15-17-29)27-12-10-26(8-4-2)11-13-27/h4,8,16,18-28H,3,5-7,9-15,17H2,1-2H3/b8-4+. The average Bonchev–Trinajstić information content (AvgIpc) is 3.03. The van der Waals surface area contributed by atoms with Gasteiger partial charge < -0.3 is 0 Å². The van der Waals surface area contributed by atoms with Gasteiger partial charge in [-0.3, -0.25) is 0 Å². The maximum Gasteiger partial charge on any atom is 0.167 e. The van der Waals surface area contributed by atoms with Gasteiger partial charge in [0.25, 0.3) is 0 Å². The van der Waals surface area contributed by atoms with Crippen molar-refractivity contribution in [2.45, 2.75) is 90.9 Å². The summed E-state index contributed by atoms with van der Waals surface area (Å²) in [5.41, 5.74) is 2.94. The molecule has 3 aromatic rings. The molecule has 228 valence electrons. The molecular formula is C39H44F4. The summed E-state index contributed by atoms with van der Waals surface area (Å²) in [6, 6.07) is 13.1. The fraction of sp³-hybridized carbons (Fsp3) is 0.436. The lowest BCUT2D eigenvalue weighted by Gasteiger charge is -2.35. The van der Waals surface area contributed by atoms with E-state index in [-0.39, 0.29) is 11.1 Å². The first-order valence-electron chi connectivity index (χ1n) is 16.3. The molecule has 1 saturated carbocycles. The Kier molecular flexibility index (Phi) is 10.6. The van der Waals surface area contributed by atoms with Crippen molar-refractivity contribution in [1.82, 2.24) is 0 Å². The van der Waals surface area contributed by atoms with Crippen LogP contribution < -0.4 is 0 Å². The van der Waals surface area contributed by atoms with Gasteiger partial charge in [-0.1, -0.05) is 92.9 Å². The summed E-state index contributed by atoms with van der Waals surface area (Å²) in [5, 5.41) is 0. The van der Waals surface area contributed by atoms with Crippen LogP contribution in [0.3, 0.4) is 0 Å². The molecule has 2 aliphatic carbocycles. The second kappa shape index (κ2) is 14.6. The normalized spacial score (nSPS) is 20.9. The van der Waals surface area contributed by atoms with Gasteiger partial charge in [-0.25, -0.2) is 17.6 Å². The summed E-state index contributed by atoms with van der Waals surface area (Å²) in [6.45, 7) is 4.20. The van der Waals surface area contributed by atoms with Gasteiger partial charge in [-0.15, -0.1) is 0 Å². The van der Waals surface area contributed by atoms with Gasteiger partial charge in [-0.2, -0.15) is 0 Å². The van der Waals surface area contributed by atoms with Crippen LogP contribution in [0.25, 0.3) is 27.8 Å². The largest absolute Gasteiger partial charge is 0.203 e. The number of hydrogen-bond donors (Lipinski definition) is 0. The average molecular weight is 589 g/mol. The number of hydrogen-bond acceptors (Lipinski definition) is 0. The van der Waals surface area contributed by atoms with Crippen LogP contribution in [0.4, 0.5) is 17.6 Å². The highest BCUT2D eigenvalue weighted by atomic mass is 19.2. The van der Waals surface area contributed by atoms with Gasteiger partial charge in [0.15, 0.2) is 23.3 Å². The van der Waals surface area contributed by atoms with Crippen LogP contribution in [0.5, 0.6) is 0 Å². The predicted octanol–water partition coefficient (Wildman–Crippen LogP) is 12.3. The summed E-state index contributed by atoms with van der Waals surface area (Å²) in [6.07, 6.45) is 18.9. The van der Waals surface area contributed by atoms with Crippen molar-refractivity contribution in [2.75, 3.05) is 0 Å². The Morgan fingerprint density at radius 1 is 0.651 bits per heavy atom. The number of halogens is 4. The summed E-state index contributed by atoms with van der Waals surface area (Å²) in [7, 11) is 0. The van der Waals surface area contributed by atoms with Crippen LogP contribution >= 0.6 is 0 Å². The fourth-order valence-corrected chi connectivity index (χ4v) is 7.21. The van der Waals surface area contributed by atoms with Crippen molar-refractivity contribution in [1.29, 1.82) is 0 Å². The molecular weight excluding hydrogens is 544 g/mol. The first kappa shape index (κ1) is 31.3. The van der Waals surface area contributed by atoms with E-state index in [4.69, 9.17) is 0 Å². The van der Waals surface area contributed by atoms with Crippen molar-refractivity contribution in [3.05, 3.63) is 101 Å². The Labute approximate surface area is 254 Å². The summed E-state index contributed by atoms with van der Waals surface area (Å²) in [4.78, 5) is 0. The third-order valence-corrected chi connectivity index (χ3v) is 9.80. The van der Waals surface area contributed by atoms with E-state index in [1.54, 1.807) is 48.5 Å². The topological polar surface area (TPSA) is 0 Å². The van der Waals surface area contributed by atoms with Crippen molar-refractivity contribution in [3.8, 4) is 22.3 Å². The van der Waals surface area contributed by atoms with Crippen LogP contribution in [0.1, 0.15) is 95.6 Å². The predicted molar refractivity (Wildman–Crippen MR) is 171 cm³/mol. The van der Waals surface area contributed by atoms with Gasteiger partial charge in [0.05, 0.1) is 0 Å². The van der Waals surface area contributed by atoms with E-state index >= 15 is 8.78 Å². The van der Waals surface area contributed by atoms with Gasteiger partial charge >= 0.3 is 0 Å². The third-order valence-electron chi connectivity index (χ3n) is 9.80. The molecule has 0 heterocycles. The van der Waals surface area contributed by atoms with Crippen LogP contribution in [-0.2, 0) is 6.42 Å². The summed E-state index contributed by atoms with van der Waals surface area (Å²) in [5.74, 6) is -1.30. The zero-order valence-corrected chi connectivity index (χ0v) is 25.6. The molecule has 0 aliphatic heterocycles. The Bertz CT molecular complexity index is 1440. The molecule has 0 saturated heterocycles. The van der Waals surface area contributed by atoms with E-state index in [0.717, 1.165) is 56.4 Å². The Hall–Kier alpha value is -3.14. The number of rotatable bonds is 10. The van der Waals surface area contributed by atoms with E-state index in [2.05, 4.69) is 32.1 Å². The maximum absolute atomic E-state index is 15.4.